The molecule has 2 aromatic rings. The van der Waals surface area contributed by atoms with Gasteiger partial charge in [0.2, 0.25) is 0 Å². The topological polar surface area (TPSA) is 61.8 Å². The molecule has 2 aromatic carbocycles. The van der Waals surface area contributed by atoms with E-state index in [4.69, 9.17) is 14.2 Å². The predicted octanol–water partition coefficient (Wildman–Crippen LogP) is 3.74. The van der Waals surface area contributed by atoms with Crippen molar-refractivity contribution in [3.63, 3.8) is 0 Å². The smallest absolute Gasteiger partial charge is 0.348 e. The third kappa shape index (κ3) is 2.23. The highest BCUT2D eigenvalue weighted by Gasteiger charge is 2.34. The lowest BCUT2D eigenvalue weighted by atomic mass is 9.91. The average Bonchev–Trinajstić information content (AvgIpc) is 2.79. The molecule has 0 N–H and O–H groups in total. The number of rotatable bonds is 3. The number of methoxy groups -OCH3 is 1. The van der Waals surface area contributed by atoms with Gasteiger partial charge in [0, 0.05) is 12.3 Å². The van der Waals surface area contributed by atoms with Crippen LogP contribution in [0.1, 0.15) is 48.2 Å². The molecule has 0 saturated heterocycles. The second kappa shape index (κ2) is 5.26. The van der Waals surface area contributed by atoms with Crippen LogP contribution < -0.4 is 14.2 Å². The molecule has 0 fully saturated rings. The van der Waals surface area contributed by atoms with Gasteiger partial charge in [-0.15, -0.1) is 0 Å². The Morgan fingerprint density at radius 1 is 1.26 bits per heavy atom. The van der Waals surface area contributed by atoms with Crippen molar-refractivity contribution in [2.45, 2.75) is 33.6 Å². The molecular weight excluding hydrogens is 296 g/mol. The zero-order chi connectivity index (χ0) is 16.9. The first-order valence-corrected chi connectivity index (χ1v) is 7.44. The number of hydrogen-bond acceptors (Lipinski definition) is 5. The van der Waals surface area contributed by atoms with Gasteiger partial charge in [-0.05, 0) is 41.5 Å². The third-order valence-electron chi connectivity index (χ3n) is 3.99. The van der Waals surface area contributed by atoms with Gasteiger partial charge < -0.3 is 14.2 Å². The molecule has 3 rings (SSSR count). The van der Waals surface area contributed by atoms with Gasteiger partial charge in [0.05, 0.1) is 7.11 Å². The minimum atomic E-state index is -0.527. The van der Waals surface area contributed by atoms with E-state index in [1.165, 1.54) is 14.0 Å². The number of benzene rings is 2. The molecule has 0 aromatic heterocycles. The van der Waals surface area contributed by atoms with Crippen molar-refractivity contribution in [2.24, 2.45) is 0 Å². The first-order valence-electron chi connectivity index (χ1n) is 7.44. The van der Waals surface area contributed by atoms with E-state index in [1.54, 1.807) is 6.07 Å². The van der Waals surface area contributed by atoms with Crippen molar-refractivity contribution in [3.05, 3.63) is 28.8 Å². The van der Waals surface area contributed by atoms with Gasteiger partial charge >= 0.3 is 11.9 Å². The van der Waals surface area contributed by atoms with Gasteiger partial charge in [0.15, 0.2) is 11.5 Å². The summed E-state index contributed by atoms with van der Waals surface area (Å²) >= 11 is 0. The molecule has 0 aliphatic carbocycles. The molecule has 0 spiro atoms. The van der Waals surface area contributed by atoms with Crippen LogP contribution in [0.5, 0.6) is 17.2 Å². The molecule has 1 heterocycles. The molecule has 0 radical (unpaired) electrons. The highest BCUT2D eigenvalue weighted by Crippen LogP contribution is 2.49. The molecule has 0 bridgehead atoms. The molecule has 120 valence electrons. The van der Waals surface area contributed by atoms with E-state index in [9.17, 15) is 9.59 Å². The van der Waals surface area contributed by atoms with Crippen molar-refractivity contribution >= 4 is 22.7 Å². The normalized spacial score (nSPS) is 12.7. The number of hydrogen-bond donors (Lipinski definition) is 0. The standard InChI is InChI=1S/C18H18O5/c1-8(2)11-7-13(22-10(4)19)15-14-12(11)6-9(3)16(21-5)17(14)23-18(15)20/h6-8H,1-5H3. The zero-order valence-corrected chi connectivity index (χ0v) is 13.8. The van der Waals surface area contributed by atoms with Crippen LogP contribution in [0.3, 0.4) is 0 Å². The Kier molecular flexibility index (Phi) is 3.51. The first-order chi connectivity index (χ1) is 10.8. The lowest BCUT2D eigenvalue weighted by Gasteiger charge is -2.16. The molecule has 5 nitrogen and oxygen atoms in total. The number of ether oxygens (including phenoxy) is 3. The average molecular weight is 314 g/mol. The fourth-order valence-corrected chi connectivity index (χ4v) is 3.07. The van der Waals surface area contributed by atoms with Crippen LogP contribution in [0.2, 0.25) is 0 Å². The van der Waals surface area contributed by atoms with Crippen LogP contribution in [0, 0.1) is 6.92 Å². The lowest BCUT2D eigenvalue weighted by Crippen LogP contribution is -2.09. The highest BCUT2D eigenvalue weighted by atomic mass is 16.6. The summed E-state index contributed by atoms with van der Waals surface area (Å²) in [7, 11) is 1.54. The first kappa shape index (κ1) is 15.3. The maximum atomic E-state index is 12.3. The molecule has 1 aliphatic rings. The quantitative estimate of drug-likeness (QED) is 0.638. The maximum absolute atomic E-state index is 12.3. The summed E-state index contributed by atoms with van der Waals surface area (Å²) in [6.45, 7) is 7.31. The Bertz CT molecular complexity index is 849. The van der Waals surface area contributed by atoms with Gasteiger partial charge in [-0.2, -0.15) is 0 Å². The summed E-state index contributed by atoms with van der Waals surface area (Å²) in [6.07, 6.45) is 0. The summed E-state index contributed by atoms with van der Waals surface area (Å²) < 4.78 is 16.1. The van der Waals surface area contributed by atoms with Gasteiger partial charge in [-0.25, -0.2) is 4.79 Å². The number of aryl methyl sites for hydroxylation is 1. The van der Waals surface area contributed by atoms with E-state index in [2.05, 4.69) is 0 Å². The number of carbonyl (C=O) groups is 2. The van der Waals surface area contributed by atoms with E-state index in [0.29, 0.717) is 16.9 Å². The monoisotopic (exact) mass is 314 g/mol. The second-order valence-corrected chi connectivity index (χ2v) is 5.96. The van der Waals surface area contributed by atoms with Crippen LogP contribution >= 0.6 is 0 Å². The van der Waals surface area contributed by atoms with Crippen molar-refractivity contribution in [1.82, 2.24) is 0 Å². The Hall–Kier alpha value is -2.56. The minimum Gasteiger partial charge on any atom is -0.493 e. The molecule has 0 atom stereocenters. The van der Waals surface area contributed by atoms with Crippen LogP contribution in [0.15, 0.2) is 12.1 Å². The summed E-state index contributed by atoms with van der Waals surface area (Å²) in [5, 5.41) is 1.57. The van der Waals surface area contributed by atoms with Gasteiger partial charge in [0.25, 0.3) is 0 Å². The van der Waals surface area contributed by atoms with Crippen molar-refractivity contribution in [2.75, 3.05) is 7.11 Å². The summed E-state index contributed by atoms with van der Waals surface area (Å²) in [5.41, 5.74) is 2.16. The second-order valence-electron chi connectivity index (χ2n) is 5.96. The fraction of sp³-hybridized carbons (Fsp3) is 0.333. The van der Waals surface area contributed by atoms with E-state index in [1.807, 2.05) is 26.8 Å². The zero-order valence-electron chi connectivity index (χ0n) is 13.8. The van der Waals surface area contributed by atoms with Crippen molar-refractivity contribution in [1.29, 1.82) is 0 Å². The Morgan fingerprint density at radius 3 is 2.52 bits per heavy atom. The van der Waals surface area contributed by atoms with Crippen LogP contribution in [-0.4, -0.2) is 19.0 Å². The van der Waals surface area contributed by atoms with E-state index < -0.39 is 11.9 Å². The van der Waals surface area contributed by atoms with Gasteiger partial charge in [-0.3, -0.25) is 4.79 Å². The largest absolute Gasteiger partial charge is 0.493 e. The van der Waals surface area contributed by atoms with Crippen LogP contribution in [-0.2, 0) is 4.79 Å². The van der Waals surface area contributed by atoms with Crippen molar-refractivity contribution < 1.29 is 23.8 Å². The van der Waals surface area contributed by atoms with Crippen LogP contribution in [0.25, 0.3) is 10.8 Å². The van der Waals surface area contributed by atoms with E-state index in [-0.39, 0.29) is 17.2 Å². The predicted molar refractivity (Wildman–Crippen MR) is 85.6 cm³/mol. The molecule has 23 heavy (non-hydrogen) atoms. The SMILES string of the molecule is COc1c(C)cc2c(C(C)C)cc(OC(C)=O)c3c2c1OC3=O. The molecule has 5 heteroatoms. The lowest BCUT2D eigenvalue weighted by molar-refractivity contribution is -0.131. The number of carbonyl (C=O) groups excluding carboxylic acids is 2. The van der Waals surface area contributed by atoms with Crippen molar-refractivity contribution in [3.8, 4) is 17.2 Å². The summed E-state index contributed by atoms with van der Waals surface area (Å²) in [5.74, 6) is 0.354. The summed E-state index contributed by atoms with van der Waals surface area (Å²) in [4.78, 5) is 23.7. The fourth-order valence-electron chi connectivity index (χ4n) is 3.07. The van der Waals surface area contributed by atoms with Gasteiger partial charge in [0.1, 0.15) is 11.3 Å². The molecular formula is C18H18O5. The van der Waals surface area contributed by atoms with Crippen LogP contribution in [0.4, 0.5) is 0 Å². The summed E-state index contributed by atoms with van der Waals surface area (Å²) in [6, 6.07) is 3.74. The molecule has 0 saturated carbocycles. The Balaban J connectivity index is 2.47. The highest BCUT2D eigenvalue weighted by molar-refractivity contribution is 6.17. The maximum Gasteiger partial charge on any atom is 0.348 e. The Labute approximate surface area is 134 Å². The third-order valence-corrected chi connectivity index (χ3v) is 3.99. The van der Waals surface area contributed by atoms with Gasteiger partial charge in [-0.1, -0.05) is 13.8 Å². The Morgan fingerprint density at radius 2 is 1.96 bits per heavy atom. The molecule has 1 aliphatic heterocycles. The number of esters is 2. The molecule has 0 amide bonds. The van der Waals surface area contributed by atoms with E-state index in [0.717, 1.165) is 16.5 Å². The molecule has 0 unspecified atom stereocenters. The van der Waals surface area contributed by atoms with E-state index >= 15 is 0 Å². The minimum absolute atomic E-state index is 0.190.